The Balaban J connectivity index is 1.39. The highest BCUT2D eigenvalue weighted by molar-refractivity contribution is 7.98. The molecule has 33 heavy (non-hydrogen) atoms. The quantitative estimate of drug-likeness (QED) is 0.320. The minimum Gasteiger partial charge on any atom is -0.324 e. The van der Waals surface area contributed by atoms with Crippen LogP contribution in [0.25, 0.3) is 0 Å². The molecule has 0 amide bonds. The van der Waals surface area contributed by atoms with Crippen molar-refractivity contribution in [3.63, 3.8) is 0 Å². The maximum atomic E-state index is 6.51. The first-order chi connectivity index (χ1) is 15.8. The summed E-state index contributed by atoms with van der Waals surface area (Å²) in [7, 11) is 0. The van der Waals surface area contributed by atoms with Gasteiger partial charge in [0.15, 0.2) is 0 Å². The predicted molar refractivity (Wildman–Crippen MR) is 144 cm³/mol. The maximum Gasteiger partial charge on any atom is 0.0307 e. The number of aryl methyl sites for hydroxylation is 1. The molecule has 0 aliphatic heterocycles. The van der Waals surface area contributed by atoms with E-state index in [-0.39, 0.29) is 6.04 Å². The lowest BCUT2D eigenvalue weighted by molar-refractivity contribution is 0.0259. The molecule has 0 aromatic heterocycles. The van der Waals surface area contributed by atoms with Gasteiger partial charge in [0.25, 0.3) is 0 Å². The first-order valence-corrected chi connectivity index (χ1v) is 14.2. The van der Waals surface area contributed by atoms with Crippen molar-refractivity contribution in [3.05, 3.63) is 64.7 Å². The SMILES string of the molecule is CSc1ccc(C(N)CCNC[C@]2(C)CCC[C@]3(C)c4ccc(C(C)C)cc4CC[C@@H]23)cc1. The van der Waals surface area contributed by atoms with Gasteiger partial charge in [0, 0.05) is 17.5 Å². The van der Waals surface area contributed by atoms with E-state index in [9.17, 15) is 0 Å². The van der Waals surface area contributed by atoms with Gasteiger partial charge in [-0.05, 0) is 102 Å². The smallest absolute Gasteiger partial charge is 0.0307 e. The van der Waals surface area contributed by atoms with E-state index in [2.05, 4.69) is 81.7 Å². The van der Waals surface area contributed by atoms with Crippen molar-refractivity contribution in [1.82, 2.24) is 5.32 Å². The highest BCUT2D eigenvalue weighted by Crippen LogP contribution is 2.57. The average molecular weight is 465 g/mol. The molecule has 2 aliphatic carbocycles. The molecule has 0 heterocycles. The van der Waals surface area contributed by atoms with Crippen LogP contribution in [0.3, 0.4) is 0 Å². The molecule has 0 radical (unpaired) electrons. The number of fused-ring (bicyclic) bond motifs is 3. The van der Waals surface area contributed by atoms with Crippen molar-refractivity contribution in [2.24, 2.45) is 17.1 Å². The standard InChI is InChI=1S/C30H44N2S/c1-21(2)23-9-13-26-24(19-23)10-14-28-29(3,16-6-17-30(26,28)4)20-32-18-15-27(31)22-7-11-25(33-5)12-8-22/h7-9,11-13,19,21,27-28,32H,6,10,14-18,20,31H2,1-5H3/t27?,28-,29-,30+/m0/s1. The molecule has 4 atom stereocenters. The zero-order valence-electron chi connectivity index (χ0n) is 21.4. The molecule has 2 aromatic rings. The third-order valence-electron chi connectivity index (χ3n) is 8.87. The van der Waals surface area contributed by atoms with Crippen LogP contribution in [0.1, 0.15) is 94.0 Å². The number of thioether (sulfide) groups is 1. The molecule has 1 unspecified atom stereocenters. The molecule has 4 rings (SSSR count). The summed E-state index contributed by atoms with van der Waals surface area (Å²) in [6, 6.07) is 16.2. The van der Waals surface area contributed by atoms with Crippen molar-refractivity contribution >= 4 is 11.8 Å². The van der Waals surface area contributed by atoms with Crippen LogP contribution in [0.15, 0.2) is 47.4 Å². The van der Waals surface area contributed by atoms with Crippen molar-refractivity contribution in [2.45, 2.75) is 88.5 Å². The monoisotopic (exact) mass is 464 g/mol. The third-order valence-corrected chi connectivity index (χ3v) is 9.62. The van der Waals surface area contributed by atoms with Crippen LogP contribution in [-0.2, 0) is 11.8 Å². The van der Waals surface area contributed by atoms with Gasteiger partial charge in [0.2, 0.25) is 0 Å². The molecule has 180 valence electrons. The molecule has 0 saturated heterocycles. The summed E-state index contributed by atoms with van der Waals surface area (Å²) in [5.74, 6) is 1.35. The number of nitrogens with one attached hydrogen (secondary N) is 1. The van der Waals surface area contributed by atoms with Gasteiger partial charge in [-0.2, -0.15) is 0 Å². The van der Waals surface area contributed by atoms with Gasteiger partial charge in [-0.25, -0.2) is 0 Å². The predicted octanol–water partition coefficient (Wildman–Crippen LogP) is 7.22. The van der Waals surface area contributed by atoms with E-state index in [1.54, 1.807) is 22.9 Å². The zero-order chi connectivity index (χ0) is 23.6. The van der Waals surface area contributed by atoms with Crippen molar-refractivity contribution in [1.29, 1.82) is 0 Å². The van der Waals surface area contributed by atoms with Gasteiger partial charge < -0.3 is 11.1 Å². The molecule has 2 aliphatic rings. The Kier molecular flexibility index (Phi) is 7.63. The number of hydrogen-bond acceptors (Lipinski definition) is 3. The second-order valence-corrected chi connectivity index (χ2v) is 12.3. The summed E-state index contributed by atoms with van der Waals surface area (Å²) in [5.41, 5.74) is 13.2. The second kappa shape index (κ2) is 10.1. The van der Waals surface area contributed by atoms with Gasteiger partial charge in [-0.15, -0.1) is 11.8 Å². The van der Waals surface area contributed by atoms with Gasteiger partial charge in [-0.1, -0.05) is 64.4 Å². The minimum absolute atomic E-state index is 0.106. The Morgan fingerprint density at radius 2 is 1.79 bits per heavy atom. The Morgan fingerprint density at radius 1 is 1.06 bits per heavy atom. The third kappa shape index (κ3) is 5.06. The molecule has 1 fully saturated rings. The summed E-state index contributed by atoms with van der Waals surface area (Å²) >= 11 is 1.78. The van der Waals surface area contributed by atoms with Crippen molar-refractivity contribution in [3.8, 4) is 0 Å². The van der Waals surface area contributed by atoms with E-state index in [4.69, 9.17) is 5.73 Å². The van der Waals surface area contributed by atoms with Gasteiger partial charge in [-0.3, -0.25) is 0 Å². The lowest BCUT2D eigenvalue weighted by Gasteiger charge is -2.55. The van der Waals surface area contributed by atoms with E-state index in [1.165, 1.54) is 48.1 Å². The summed E-state index contributed by atoms with van der Waals surface area (Å²) in [5, 5.41) is 3.83. The molecule has 3 N–H and O–H groups in total. The summed E-state index contributed by atoms with van der Waals surface area (Å²) in [4.78, 5) is 1.30. The Hall–Kier alpha value is -1.29. The largest absolute Gasteiger partial charge is 0.324 e. The first-order valence-electron chi connectivity index (χ1n) is 13.0. The van der Waals surface area contributed by atoms with Crippen LogP contribution in [-0.4, -0.2) is 19.3 Å². The fourth-order valence-electron chi connectivity index (χ4n) is 6.86. The van der Waals surface area contributed by atoms with Crippen LogP contribution < -0.4 is 11.1 Å². The van der Waals surface area contributed by atoms with E-state index >= 15 is 0 Å². The number of benzene rings is 2. The first kappa shape index (κ1) is 24.8. The molecule has 0 spiro atoms. The normalized spacial score (nSPS) is 27.8. The fraction of sp³-hybridized carbons (Fsp3) is 0.600. The molecular weight excluding hydrogens is 420 g/mol. The summed E-state index contributed by atoms with van der Waals surface area (Å²) < 4.78 is 0. The van der Waals surface area contributed by atoms with Crippen molar-refractivity contribution < 1.29 is 0 Å². The lowest BCUT2D eigenvalue weighted by atomic mass is 9.49. The summed E-state index contributed by atoms with van der Waals surface area (Å²) in [6.07, 6.45) is 9.66. The molecule has 2 nitrogen and oxygen atoms in total. The van der Waals surface area contributed by atoms with Crippen LogP contribution >= 0.6 is 11.8 Å². The molecular formula is C30H44N2S. The Labute approximate surface area is 206 Å². The highest BCUT2D eigenvalue weighted by atomic mass is 32.2. The van der Waals surface area contributed by atoms with Gasteiger partial charge in [0.1, 0.15) is 0 Å². The Morgan fingerprint density at radius 3 is 2.48 bits per heavy atom. The van der Waals surface area contributed by atoms with E-state index < -0.39 is 0 Å². The topological polar surface area (TPSA) is 38.0 Å². The lowest BCUT2D eigenvalue weighted by Crippen LogP contribution is -2.52. The molecule has 2 aromatic carbocycles. The maximum absolute atomic E-state index is 6.51. The number of nitrogens with two attached hydrogens (primary N) is 1. The van der Waals surface area contributed by atoms with E-state index in [0.717, 1.165) is 25.4 Å². The van der Waals surface area contributed by atoms with Crippen molar-refractivity contribution in [2.75, 3.05) is 19.3 Å². The second-order valence-electron chi connectivity index (χ2n) is 11.4. The summed E-state index contributed by atoms with van der Waals surface area (Å²) in [6.45, 7) is 11.8. The average Bonchev–Trinajstić information content (AvgIpc) is 2.81. The van der Waals surface area contributed by atoms with E-state index in [0.29, 0.717) is 16.7 Å². The molecule has 3 heteroatoms. The number of rotatable bonds is 8. The molecule has 1 saturated carbocycles. The minimum atomic E-state index is 0.106. The Bertz CT molecular complexity index is 937. The van der Waals surface area contributed by atoms with Crippen LogP contribution in [0.4, 0.5) is 0 Å². The number of hydrogen-bond donors (Lipinski definition) is 2. The van der Waals surface area contributed by atoms with E-state index in [1.807, 2.05) is 0 Å². The van der Waals surface area contributed by atoms with Crippen LogP contribution in [0, 0.1) is 11.3 Å². The van der Waals surface area contributed by atoms with Crippen LogP contribution in [0.2, 0.25) is 0 Å². The van der Waals surface area contributed by atoms with Crippen LogP contribution in [0.5, 0.6) is 0 Å². The molecule has 0 bridgehead atoms. The highest BCUT2D eigenvalue weighted by Gasteiger charge is 2.51. The van der Waals surface area contributed by atoms with Gasteiger partial charge in [0.05, 0.1) is 0 Å². The fourth-order valence-corrected chi connectivity index (χ4v) is 7.27. The zero-order valence-corrected chi connectivity index (χ0v) is 22.2. The van der Waals surface area contributed by atoms with Gasteiger partial charge >= 0.3 is 0 Å².